The van der Waals surface area contributed by atoms with Gasteiger partial charge in [-0.3, -0.25) is 0 Å². The Labute approximate surface area is 131 Å². The van der Waals surface area contributed by atoms with Crippen molar-refractivity contribution in [3.63, 3.8) is 0 Å². The van der Waals surface area contributed by atoms with Gasteiger partial charge in [0.2, 0.25) is 0 Å². The van der Waals surface area contributed by atoms with E-state index in [2.05, 4.69) is 47.1 Å². The van der Waals surface area contributed by atoms with Gasteiger partial charge in [-0.2, -0.15) is 0 Å². The fourth-order valence-electron chi connectivity index (χ4n) is 1.38. The van der Waals surface area contributed by atoms with Gasteiger partial charge < -0.3 is 15.8 Å². The van der Waals surface area contributed by atoms with Gasteiger partial charge in [0.05, 0.1) is 17.3 Å². The highest BCUT2D eigenvalue weighted by atomic mass is 79.9. The van der Waals surface area contributed by atoms with Crippen molar-refractivity contribution in [2.45, 2.75) is 0 Å². The fraction of sp³-hybridized carbons (Fsp3) is 0.0909. The van der Waals surface area contributed by atoms with Gasteiger partial charge in [0, 0.05) is 10.5 Å². The summed E-state index contributed by atoms with van der Waals surface area (Å²) in [4.78, 5) is 7.85. The van der Waals surface area contributed by atoms with Crippen LogP contribution in [0.3, 0.4) is 0 Å². The molecule has 0 bridgehead atoms. The molecule has 2 rings (SSSR count). The van der Waals surface area contributed by atoms with E-state index in [9.17, 15) is 0 Å². The Balaban J connectivity index is 2.41. The molecule has 0 saturated carbocycles. The molecule has 8 heteroatoms. The summed E-state index contributed by atoms with van der Waals surface area (Å²) < 4.78 is 6.90. The number of anilines is 3. The van der Waals surface area contributed by atoms with E-state index in [-0.39, 0.29) is 10.8 Å². The van der Waals surface area contributed by atoms with Crippen molar-refractivity contribution in [2.75, 3.05) is 18.2 Å². The summed E-state index contributed by atoms with van der Waals surface area (Å²) in [6.45, 7) is 0. The van der Waals surface area contributed by atoms with Crippen LogP contribution in [-0.2, 0) is 0 Å². The lowest BCUT2D eigenvalue weighted by Gasteiger charge is -2.12. The van der Waals surface area contributed by atoms with Crippen LogP contribution < -0.4 is 15.8 Å². The topological polar surface area (TPSA) is 73.1 Å². The zero-order valence-corrected chi connectivity index (χ0v) is 13.7. The lowest BCUT2D eigenvalue weighted by Crippen LogP contribution is -2.02. The van der Waals surface area contributed by atoms with Crippen molar-refractivity contribution in [1.29, 1.82) is 0 Å². The molecule has 0 aliphatic carbocycles. The molecule has 19 heavy (non-hydrogen) atoms. The molecule has 1 aromatic heterocycles. The number of hydrogen-bond acceptors (Lipinski definition) is 5. The third-order valence-corrected chi connectivity index (χ3v) is 3.91. The van der Waals surface area contributed by atoms with Crippen LogP contribution in [0.25, 0.3) is 0 Å². The largest absolute Gasteiger partial charge is 0.495 e. The summed E-state index contributed by atoms with van der Waals surface area (Å²) in [6.07, 6.45) is 1.34. The average Bonchev–Trinajstić information content (AvgIpc) is 2.38. The molecule has 1 aromatic carbocycles. The molecular weight excluding hydrogens is 399 g/mol. The highest BCUT2D eigenvalue weighted by Gasteiger charge is 2.11. The predicted molar refractivity (Wildman–Crippen MR) is 83.1 cm³/mol. The zero-order valence-electron chi connectivity index (χ0n) is 9.75. The van der Waals surface area contributed by atoms with Gasteiger partial charge in [-0.15, -0.1) is 0 Å². The minimum atomic E-state index is 0.206. The average molecular weight is 408 g/mol. The molecule has 0 radical (unpaired) electrons. The monoisotopic (exact) mass is 406 g/mol. The van der Waals surface area contributed by atoms with Crippen LogP contribution in [0.15, 0.2) is 27.4 Å². The summed E-state index contributed by atoms with van der Waals surface area (Å²) in [7, 11) is 1.59. The SMILES string of the molecule is COc1cc(Nc2ncnc(Cl)c2N)c(Br)cc1Br. The van der Waals surface area contributed by atoms with E-state index in [0.29, 0.717) is 11.6 Å². The van der Waals surface area contributed by atoms with Crippen LogP contribution in [0, 0.1) is 0 Å². The van der Waals surface area contributed by atoms with Crippen molar-refractivity contribution in [3.05, 3.63) is 32.6 Å². The second-order valence-corrected chi connectivity index (χ2v) is 5.59. The second kappa shape index (κ2) is 5.94. The first kappa shape index (κ1) is 14.4. The first-order chi connectivity index (χ1) is 9.02. The van der Waals surface area contributed by atoms with Gasteiger partial charge in [-0.05, 0) is 37.9 Å². The maximum Gasteiger partial charge on any atom is 0.158 e. The number of ether oxygens (including phenoxy) is 1. The number of methoxy groups -OCH3 is 1. The number of benzene rings is 1. The van der Waals surface area contributed by atoms with Crippen molar-refractivity contribution in [3.8, 4) is 5.75 Å². The minimum absolute atomic E-state index is 0.206. The van der Waals surface area contributed by atoms with Crippen LogP contribution in [0.1, 0.15) is 0 Å². The summed E-state index contributed by atoms with van der Waals surface area (Å²) in [5.41, 5.74) is 6.85. The number of nitrogens with two attached hydrogens (primary N) is 1. The van der Waals surface area contributed by atoms with Crippen LogP contribution in [0.5, 0.6) is 5.75 Å². The number of hydrogen-bond donors (Lipinski definition) is 2. The van der Waals surface area contributed by atoms with Crippen LogP contribution in [0.4, 0.5) is 17.2 Å². The number of nitrogen functional groups attached to an aromatic ring is 1. The Bertz CT molecular complexity index is 624. The molecule has 1 heterocycles. The third-order valence-electron chi connectivity index (χ3n) is 2.33. The Morgan fingerprint density at radius 2 is 2.00 bits per heavy atom. The molecule has 5 nitrogen and oxygen atoms in total. The highest BCUT2D eigenvalue weighted by molar-refractivity contribution is 9.11. The number of rotatable bonds is 3. The molecule has 0 unspecified atom stereocenters. The molecule has 0 saturated heterocycles. The fourth-order valence-corrected chi connectivity index (χ4v) is 2.77. The molecule has 100 valence electrons. The smallest absolute Gasteiger partial charge is 0.158 e. The molecule has 0 aliphatic rings. The lowest BCUT2D eigenvalue weighted by molar-refractivity contribution is 0.412. The summed E-state index contributed by atoms with van der Waals surface area (Å²) in [5, 5.41) is 3.28. The Morgan fingerprint density at radius 1 is 1.26 bits per heavy atom. The summed E-state index contributed by atoms with van der Waals surface area (Å²) >= 11 is 12.7. The lowest BCUT2D eigenvalue weighted by atomic mass is 10.3. The molecule has 0 amide bonds. The molecule has 0 spiro atoms. The Kier molecular flexibility index (Phi) is 4.49. The van der Waals surface area contributed by atoms with Crippen molar-refractivity contribution in [1.82, 2.24) is 9.97 Å². The van der Waals surface area contributed by atoms with Crippen molar-refractivity contribution < 1.29 is 4.74 Å². The minimum Gasteiger partial charge on any atom is -0.495 e. The Hall–Kier alpha value is -1.05. The quantitative estimate of drug-likeness (QED) is 0.752. The molecule has 0 fully saturated rings. The van der Waals surface area contributed by atoms with Gasteiger partial charge in [0.25, 0.3) is 0 Å². The highest BCUT2D eigenvalue weighted by Crippen LogP contribution is 2.36. The van der Waals surface area contributed by atoms with E-state index in [4.69, 9.17) is 22.1 Å². The normalized spacial score (nSPS) is 10.3. The molecule has 0 aliphatic heterocycles. The first-order valence-electron chi connectivity index (χ1n) is 5.09. The van der Waals surface area contributed by atoms with Gasteiger partial charge in [0.15, 0.2) is 11.0 Å². The Morgan fingerprint density at radius 3 is 2.68 bits per heavy atom. The first-order valence-corrected chi connectivity index (χ1v) is 7.05. The molecule has 3 N–H and O–H groups in total. The third kappa shape index (κ3) is 3.10. The maximum absolute atomic E-state index is 5.84. The van der Waals surface area contributed by atoms with Gasteiger partial charge in [0.1, 0.15) is 17.8 Å². The predicted octanol–water partition coefficient (Wildman–Crippen LogP) is 3.99. The van der Waals surface area contributed by atoms with Crippen molar-refractivity contribution in [2.24, 2.45) is 0 Å². The van der Waals surface area contributed by atoms with Crippen LogP contribution >= 0.6 is 43.5 Å². The van der Waals surface area contributed by atoms with Gasteiger partial charge in [-0.25, -0.2) is 9.97 Å². The zero-order chi connectivity index (χ0) is 14.0. The number of halogens is 3. The van der Waals surface area contributed by atoms with E-state index in [1.807, 2.05) is 12.1 Å². The van der Waals surface area contributed by atoms with Gasteiger partial charge in [-0.1, -0.05) is 11.6 Å². The van der Waals surface area contributed by atoms with E-state index in [1.165, 1.54) is 6.33 Å². The van der Waals surface area contributed by atoms with E-state index in [1.54, 1.807) is 7.11 Å². The summed E-state index contributed by atoms with van der Waals surface area (Å²) in [6, 6.07) is 3.67. The maximum atomic E-state index is 5.84. The molecule has 2 aromatic rings. The number of aromatic nitrogens is 2. The standard InChI is InChI=1S/C11H9Br2ClN4O/c1-19-8-3-7(5(12)2-6(8)13)18-11-9(15)10(14)16-4-17-11/h2-4H,15H2,1H3,(H,16,17,18). The number of nitrogens with zero attached hydrogens (tertiary/aromatic N) is 2. The van der Waals surface area contributed by atoms with E-state index >= 15 is 0 Å². The van der Waals surface area contributed by atoms with Crippen LogP contribution in [0.2, 0.25) is 5.15 Å². The van der Waals surface area contributed by atoms with Crippen LogP contribution in [-0.4, -0.2) is 17.1 Å². The number of nitrogens with one attached hydrogen (secondary N) is 1. The second-order valence-electron chi connectivity index (χ2n) is 3.52. The molecule has 0 atom stereocenters. The van der Waals surface area contributed by atoms with E-state index < -0.39 is 0 Å². The van der Waals surface area contributed by atoms with Gasteiger partial charge >= 0.3 is 0 Å². The van der Waals surface area contributed by atoms with E-state index in [0.717, 1.165) is 14.6 Å². The molecular formula is C11H9Br2ClN4O. The van der Waals surface area contributed by atoms with Crippen molar-refractivity contribution >= 4 is 60.7 Å². The summed E-state index contributed by atoms with van der Waals surface area (Å²) in [5.74, 6) is 1.12.